The van der Waals surface area contributed by atoms with Gasteiger partial charge in [-0.05, 0) is 30.5 Å². The van der Waals surface area contributed by atoms with E-state index in [-0.39, 0.29) is 5.78 Å². The Hall–Kier alpha value is -2.26. The van der Waals surface area contributed by atoms with Crippen LogP contribution in [0.3, 0.4) is 0 Å². The molecule has 2 aromatic rings. The van der Waals surface area contributed by atoms with E-state index < -0.39 is 6.17 Å². The van der Waals surface area contributed by atoms with Gasteiger partial charge in [-0.2, -0.15) is 0 Å². The van der Waals surface area contributed by atoms with Gasteiger partial charge in [-0.1, -0.05) is 48.9 Å². The summed E-state index contributed by atoms with van der Waals surface area (Å²) < 4.78 is 0. The van der Waals surface area contributed by atoms with Crippen molar-refractivity contribution in [1.29, 1.82) is 0 Å². The topological polar surface area (TPSA) is 55.5 Å². The molecule has 0 spiro atoms. The lowest BCUT2D eigenvalue weighted by Gasteiger charge is -2.13. The first-order valence-corrected chi connectivity index (χ1v) is 7.64. The van der Waals surface area contributed by atoms with Gasteiger partial charge in [0.05, 0.1) is 5.71 Å². The minimum absolute atomic E-state index is 0.0233. The molecule has 3 heteroatoms. The van der Waals surface area contributed by atoms with Gasteiger partial charge in [-0.25, -0.2) is 0 Å². The number of aliphatic imine (C=N–C) groups is 1. The number of carbonyl (C=O) groups excluding carboxylic acids is 1. The van der Waals surface area contributed by atoms with Crippen molar-refractivity contribution >= 4 is 11.5 Å². The summed E-state index contributed by atoms with van der Waals surface area (Å²) in [6.45, 7) is 4.16. The minimum atomic E-state index is -0.785. The van der Waals surface area contributed by atoms with Crippen LogP contribution in [0.15, 0.2) is 47.5 Å². The van der Waals surface area contributed by atoms with Crippen LogP contribution >= 0.6 is 0 Å². The van der Waals surface area contributed by atoms with Gasteiger partial charge >= 0.3 is 0 Å². The lowest BCUT2D eigenvalue weighted by atomic mass is 9.91. The smallest absolute Gasteiger partial charge is 0.175 e. The Morgan fingerprint density at radius 1 is 1.23 bits per heavy atom. The van der Waals surface area contributed by atoms with E-state index >= 15 is 0 Å². The quantitative estimate of drug-likeness (QED) is 0.925. The molecule has 0 saturated carbocycles. The van der Waals surface area contributed by atoms with Crippen molar-refractivity contribution < 1.29 is 4.79 Å². The summed E-state index contributed by atoms with van der Waals surface area (Å²) in [5.41, 5.74) is 12.3. The van der Waals surface area contributed by atoms with Crippen LogP contribution < -0.4 is 5.73 Å². The van der Waals surface area contributed by atoms with Crippen molar-refractivity contribution in [2.75, 3.05) is 0 Å². The molecule has 1 atom stereocenters. The Bertz CT molecular complexity index is 762. The second-order valence-electron chi connectivity index (χ2n) is 5.73. The monoisotopic (exact) mass is 292 g/mol. The zero-order chi connectivity index (χ0) is 15.7. The molecule has 0 aromatic heterocycles. The number of Topliss-reactive ketones (excluding diaryl/α,β-unsaturated/α-hetero) is 1. The van der Waals surface area contributed by atoms with Crippen LogP contribution in [0.4, 0.5) is 0 Å². The van der Waals surface area contributed by atoms with Gasteiger partial charge in [-0.3, -0.25) is 9.79 Å². The molecule has 1 heterocycles. The molecule has 3 rings (SSSR count). The minimum Gasteiger partial charge on any atom is -0.303 e. The summed E-state index contributed by atoms with van der Waals surface area (Å²) in [7, 11) is 0. The van der Waals surface area contributed by atoms with E-state index in [1.54, 1.807) is 0 Å². The Labute approximate surface area is 130 Å². The highest BCUT2D eigenvalue weighted by molar-refractivity contribution is 6.16. The van der Waals surface area contributed by atoms with E-state index in [0.717, 1.165) is 34.4 Å². The highest BCUT2D eigenvalue weighted by Gasteiger charge is 2.24. The average Bonchev–Trinajstić information content (AvgIpc) is 2.64. The first-order valence-electron chi connectivity index (χ1n) is 7.64. The number of nitrogens with zero attached hydrogens (tertiary/aromatic N) is 1. The predicted molar refractivity (Wildman–Crippen MR) is 89.3 cm³/mol. The molecule has 2 N–H and O–H groups in total. The second-order valence-corrected chi connectivity index (χ2v) is 5.73. The predicted octanol–water partition coefficient (Wildman–Crippen LogP) is 2.80. The van der Waals surface area contributed by atoms with Gasteiger partial charge in [0, 0.05) is 17.5 Å². The van der Waals surface area contributed by atoms with Gasteiger partial charge < -0.3 is 5.73 Å². The fraction of sp³-hybridized carbons (Fsp3) is 0.263. The molecule has 1 aliphatic heterocycles. The van der Waals surface area contributed by atoms with E-state index in [9.17, 15) is 4.79 Å². The maximum Gasteiger partial charge on any atom is 0.175 e. The van der Waals surface area contributed by atoms with Gasteiger partial charge in [0.2, 0.25) is 0 Å². The normalized spacial score (nSPS) is 17.7. The fourth-order valence-corrected chi connectivity index (χ4v) is 2.98. The molecule has 0 fully saturated rings. The SMILES string of the molecule is CCc1cccc2c1CC(=O)C(N)N=C2c1cccc(C)c1. The van der Waals surface area contributed by atoms with Gasteiger partial charge in [0.1, 0.15) is 0 Å². The molecule has 0 amide bonds. The van der Waals surface area contributed by atoms with Crippen molar-refractivity contribution in [3.8, 4) is 0 Å². The third kappa shape index (κ3) is 2.60. The number of carbonyl (C=O) groups is 1. The van der Waals surface area contributed by atoms with Crippen molar-refractivity contribution in [3.05, 3.63) is 70.3 Å². The third-order valence-corrected chi connectivity index (χ3v) is 4.15. The summed E-state index contributed by atoms with van der Waals surface area (Å²) in [6, 6.07) is 14.3. The first-order chi connectivity index (χ1) is 10.6. The fourth-order valence-electron chi connectivity index (χ4n) is 2.98. The lowest BCUT2D eigenvalue weighted by molar-refractivity contribution is -0.119. The molecule has 22 heavy (non-hydrogen) atoms. The van der Waals surface area contributed by atoms with Crippen LogP contribution in [0.1, 0.15) is 34.7 Å². The molecule has 3 nitrogen and oxygen atoms in total. The number of nitrogens with two attached hydrogens (primary N) is 1. The highest BCUT2D eigenvalue weighted by Crippen LogP contribution is 2.24. The standard InChI is InChI=1S/C19H20N2O/c1-3-13-7-5-9-15-16(13)11-17(22)19(20)21-18(15)14-8-4-6-12(2)10-14/h4-10,19H,3,11,20H2,1-2H3. The molecule has 112 valence electrons. The molecule has 0 bridgehead atoms. The summed E-state index contributed by atoms with van der Waals surface area (Å²) >= 11 is 0. The van der Waals surface area contributed by atoms with E-state index in [1.165, 1.54) is 5.56 Å². The Morgan fingerprint density at radius 3 is 2.73 bits per heavy atom. The van der Waals surface area contributed by atoms with Crippen LogP contribution in [0.5, 0.6) is 0 Å². The van der Waals surface area contributed by atoms with Crippen LogP contribution in [-0.2, 0) is 17.6 Å². The molecule has 2 aromatic carbocycles. The highest BCUT2D eigenvalue weighted by atomic mass is 16.1. The number of ketones is 1. The maximum atomic E-state index is 12.3. The van der Waals surface area contributed by atoms with Crippen LogP contribution in [0, 0.1) is 6.92 Å². The number of hydrogen-bond donors (Lipinski definition) is 1. The van der Waals surface area contributed by atoms with E-state index in [2.05, 4.69) is 37.0 Å². The Balaban J connectivity index is 2.25. The zero-order valence-electron chi connectivity index (χ0n) is 13.0. The number of fused-ring (bicyclic) bond motifs is 1. The zero-order valence-corrected chi connectivity index (χ0v) is 13.0. The molecule has 0 radical (unpaired) electrons. The Morgan fingerprint density at radius 2 is 2.00 bits per heavy atom. The second kappa shape index (κ2) is 5.85. The van der Waals surface area contributed by atoms with Crippen molar-refractivity contribution in [1.82, 2.24) is 0 Å². The first kappa shape index (κ1) is 14.7. The van der Waals surface area contributed by atoms with Gasteiger partial charge in [-0.15, -0.1) is 0 Å². The van der Waals surface area contributed by atoms with Gasteiger partial charge in [0.25, 0.3) is 0 Å². The molecular formula is C19H20N2O. The van der Waals surface area contributed by atoms with Gasteiger partial charge in [0.15, 0.2) is 11.9 Å². The molecular weight excluding hydrogens is 272 g/mol. The largest absolute Gasteiger partial charge is 0.303 e. The summed E-state index contributed by atoms with van der Waals surface area (Å²) in [4.78, 5) is 16.8. The van der Waals surface area contributed by atoms with Crippen molar-refractivity contribution in [3.63, 3.8) is 0 Å². The van der Waals surface area contributed by atoms with Crippen molar-refractivity contribution in [2.45, 2.75) is 32.9 Å². The maximum absolute atomic E-state index is 12.3. The van der Waals surface area contributed by atoms with Crippen LogP contribution in [-0.4, -0.2) is 17.7 Å². The van der Waals surface area contributed by atoms with Crippen LogP contribution in [0.25, 0.3) is 0 Å². The molecule has 0 saturated heterocycles. The average molecular weight is 292 g/mol. The summed E-state index contributed by atoms with van der Waals surface area (Å²) in [5.74, 6) is -0.0233. The summed E-state index contributed by atoms with van der Waals surface area (Å²) in [6.07, 6.45) is 0.471. The number of benzene rings is 2. The number of hydrogen-bond acceptors (Lipinski definition) is 3. The molecule has 0 aliphatic carbocycles. The number of rotatable bonds is 2. The van der Waals surface area contributed by atoms with Crippen LogP contribution in [0.2, 0.25) is 0 Å². The van der Waals surface area contributed by atoms with E-state index in [4.69, 9.17) is 5.73 Å². The summed E-state index contributed by atoms with van der Waals surface area (Å²) in [5, 5.41) is 0. The van der Waals surface area contributed by atoms with E-state index in [1.807, 2.05) is 24.3 Å². The lowest BCUT2D eigenvalue weighted by Crippen LogP contribution is -2.29. The molecule has 1 unspecified atom stereocenters. The third-order valence-electron chi connectivity index (χ3n) is 4.15. The van der Waals surface area contributed by atoms with E-state index in [0.29, 0.717) is 6.42 Å². The Kier molecular flexibility index (Phi) is 3.90. The molecule has 1 aliphatic rings. The van der Waals surface area contributed by atoms with Crippen molar-refractivity contribution in [2.24, 2.45) is 10.7 Å². The number of aryl methyl sites for hydroxylation is 2.